The van der Waals surface area contributed by atoms with Crippen LogP contribution in [0.2, 0.25) is 0 Å². The molecule has 0 fully saturated rings. The highest BCUT2D eigenvalue weighted by atomic mass is 15.1. The molecule has 268 valence electrons. The van der Waals surface area contributed by atoms with E-state index in [-0.39, 0.29) is 5.41 Å². The van der Waals surface area contributed by atoms with Crippen LogP contribution in [-0.2, 0) is 5.41 Å². The molecule has 0 aliphatic heterocycles. The van der Waals surface area contributed by atoms with Crippen LogP contribution in [0.4, 0.5) is 17.1 Å². The minimum Gasteiger partial charge on any atom is -0.310 e. The largest absolute Gasteiger partial charge is 0.310 e. The molecule has 57 heavy (non-hydrogen) atoms. The average Bonchev–Trinajstić information content (AvgIpc) is 3.75. The number of aryl methyl sites for hydroxylation is 1. The van der Waals surface area contributed by atoms with Gasteiger partial charge in [0.25, 0.3) is 0 Å². The van der Waals surface area contributed by atoms with Gasteiger partial charge in [-0.15, -0.1) is 0 Å². The molecule has 0 aromatic heterocycles. The number of rotatable bonds is 6. The lowest BCUT2D eigenvalue weighted by atomic mass is 9.70. The predicted octanol–water partition coefficient (Wildman–Crippen LogP) is 14.8. The monoisotopic (exact) mass is 725 g/mol. The van der Waals surface area contributed by atoms with Crippen LogP contribution >= 0.6 is 0 Å². The Hall–Kier alpha value is -7.22. The molecule has 0 amide bonds. The highest BCUT2D eigenvalue weighted by molar-refractivity contribution is 5.97. The van der Waals surface area contributed by atoms with Gasteiger partial charge in [0.05, 0.1) is 5.41 Å². The van der Waals surface area contributed by atoms with Crippen molar-refractivity contribution in [3.8, 4) is 55.6 Å². The van der Waals surface area contributed by atoms with Crippen molar-refractivity contribution < 1.29 is 0 Å². The van der Waals surface area contributed by atoms with Crippen molar-refractivity contribution in [2.75, 3.05) is 4.90 Å². The maximum atomic E-state index is 2.48. The van der Waals surface area contributed by atoms with Gasteiger partial charge in [-0.05, 0) is 133 Å². The molecular formula is C56H39N. The molecule has 0 radical (unpaired) electrons. The van der Waals surface area contributed by atoms with E-state index < -0.39 is 0 Å². The standard InChI is InChI=1S/C56H39N/c1-38-33-42(39-17-5-2-6-18-39)29-32-55(38)57(46-35-43(40-19-7-3-8-20-40)34-44(36-46)41-21-9-4-10-22-41)45-30-31-54-50(37-45)49-25-13-16-28-53(49)56(54)51-26-14-11-23-47(51)48-24-12-15-27-52(48)56/h2-37H,1H3. The Morgan fingerprint density at radius 3 is 1.25 bits per heavy atom. The third-order valence-corrected chi connectivity index (χ3v) is 12.2. The fourth-order valence-electron chi connectivity index (χ4n) is 9.71. The summed E-state index contributed by atoms with van der Waals surface area (Å²) in [5.74, 6) is 0. The molecule has 1 nitrogen and oxygen atoms in total. The number of hydrogen-bond acceptors (Lipinski definition) is 1. The Bertz CT molecular complexity index is 2860. The zero-order valence-corrected chi connectivity index (χ0v) is 31.7. The third kappa shape index (κ3) is 5.16. The van der Waals surface area contributed by atoms with Crippen LogP contribution in [0.25, 0.3) is 55.6 Å². The molecule has 0 heterocycles. The van der Waals surface area contributed by atoms with Gasteiger partial charge < -0.3 is 4.90 Å². The smallest absolute Gasteiger partial charge is 0.0725 e. The van der Waals surface area contributed by atoms with E-state index in [2.05, 4.69) is 230 Å². The van der Waals surface area contributed by atoms with Crippen LogP contribution in [0.5, 0.6) is 0 Å². The SMILES string of the molecule is Cc1cc(-c2ccccc2)ccc1N(c1cc(-c2ccccc2)cc(-c2ccccc2)c1)c1ccc2c(c1)-c1ccccc1C21c2ccccc2-c2ccccc21. The lowest BCUT2D eigenvalue weighted by Gasteiger charge is -2.32. The maximum absolute atomic E-state index is 2.48. The molecule has 2 aliphatic carbocycles. The lowest BCUT2D eigenvalue weighted by molar-refractivity contribution is 0.794. The molecule has 9 aromatic rings. The summed E-state index contributed by atoms with van der Waals surface area (Å²) in [4.78, 5) is 2.48. The quantitative estimate of drug-likeness (QED) is 0.165. The number of anilines is 3. The van der Waals surface area contributed by atoms with Gasteiger partial charge in [0.2, 0.25) is 0 Å². The topological polar surface area (TPSA) is 3.24 Å². The number of nitrogens with zero attached hydrogens (tertiary/aromatic N) is 1. The first-order valence-corrected chi connectivity index (χ1v) is 19.8. The summed E-state index contributed by atoms with van der Waals surface area (Å²) in [5, 5.41) is 0. The summed E-state index contributed by atoms with van der Waals surface area (Å²) < 4.78 is 0. The van der Waals surface area contributed by atoms with Crippen molar-refractivity contribution in [3.63, 3.8) is 0 Å². The van der Waals surface area contributed by atoms with Crippen molar-refractivity contribution in [2.45, 2.75) is 12.3 Å². The summed E-state index contributed by atoms with van der Waals surface area (Å²) in [6.45, 7) is 2.25. The Morgan fingerprint density at radius 2 is 0.737 bits per heavy atom. The molecule has 0 N–H and O–H groups in total. The maximum Gasteiger partial charge on any atom is 0.0725 e. The van der Waals surface area contributed by atoms with Crippen molar-refractivity contribution >= 4 is 17.1 Å². The Morgan fingerprint density at radius 1 is 0.298 bits per heavy atom. The molecule has 0 bridgehead atoms. The van der Waals surface area contributed by atoms with Crippen LogP contribution in [0.15, 0.2) is 218 Å². The van der Waals surface area contributed by atoms with Gasteiger partial charge >= 0.3 is 0 Å². The molecule has 1 heteroatoms. The fourth-order valence-corrected chi connectivity index (χ4v) is 9.71. The second-order valence-corrected chi connectivity index (χ2v) is 15.3. The summed E-state index contributed by atoms with van der Waals surface area (Å²) in [5.41, 5.74) is 22.0. The van der Waals surface area contributed by atoms with E-state index in [0.29, 0.717) is 0 Å². The van der Waals surface area contributed by atoms with E-state index in [1.165, 1.54) is 83.5 Å². The molecule has 0 saturated carbocycles. The van der Waals surface area contributed by atoms with Gasteiger partial charge in [-0.3, -0.25) is 0 Å². The first-order valence-electron chi connectivity index (χ1n) is 19.8. The summed E-state index contributed by atoms with van der Waals surface area (Å²) in [7, 11) is 0. The summed E-state index contributed by atoms with van der Waals surface area (Å²) >= 11 is 0. The van der Waals surface area contributed by atoms with Gasteiger partial charge in [0.1, 0.15) is 0 Å². The Labute approximate surface area is 334 Å². The number of benzene rings is 9. The second kappa shape index (κ2) is 13.2. The fraction of sp³-hybridized carbons (Fsp3) is 0.0357. The first-order chi connectivity index (χ1) is 28.2. The Kier molecular flexibility index (Phi) is 7.69. The van der Waals surface area contributed by atoms with Crippen molar-refractivity contribution in [3.05, 3.63) is 246 Å². The van der Waals surface area contributed by atoms with Crippen LogP contribution in [0.3, 0.4) is 0 Å². The summed E-state index contributed by atoms with van der Waals surface area (Å²) in [6, 6.07) is 80.5. The Balaban J connectivity index is 1.17. The van der Waals surface area contributed by atoms with Crippen LogP contribution in [0, 0.1) is 6.92 Å². The van der Waals surface area contributed by atoms with Crippen molar-refractivity contribution in [1.29, 1.82) is 0 Å². The molecule has 9 aromatic carbocycles. The molecule has 11 rings (SSSR count). The molecule has 2 aliphatic rings. The second-order valence-electron chi connectivity index (χ2n) is 15.3. The lowest BCUT2D eigenvalue weighted by Crippen LogP contribution is -2.25. The molecule has 0 saturated heterocycles. The van der Waals surface area contributed by atoms with Crippen molar-refractivity contribution in [1.82, 2.24) is 0 Å². The normalized spacial score (nSPS) is 12.8. The minimum atomic E-state index is -0.385. The van der Waals surface area contributed by atoms with Gasteiger partial charge in [0.15, 0.2) is 0 Å². The first kappa shape index (κ1) is 33.1. The van der Waals surface area contributed by atoms with Gasteiger partial charge in [0, 0.05) is 17.1 Å². The van der Waals surface area contributed by atoms with Crippen molar-refractivity contribution in [2.24, 2.45) is 0 Å². The average molecular weight is 726 g/mol. The van der Waals surface area contributed by atoms with Crippen LogP contribution in [-0.4, -0.2) is 0 Å². The van der Waals surface area contributed by atoms with E-state index in [1.807, 2.05) is 0 Å². The number of hydrogen-bond donors (Lipinski definition) is 0. The zero-order chi connectivity index (χ0) is 37.9. The van der Waals surface area contributed by atoms with Gasteiger partial charge in [-0.1, -0.05) is 176 Å². The predicted molar refractivity (Wildman–Crippen MR) is 238 cm³/mol. The zero-order valence-electron chi connectivity index (χ0n) is 31.7. The van der Waals surface area contributed by atoms with Gasteiger partial charge in [-0.2, -0.15) is 0 Å². The molecule has 0 atom stereocenters. The van der Waals surface area contributed by atoms with E-state index in [9.17, 15) is 0 Å². The molecule has 1 spiro atoms. The summed E-state index contributed by atoms with van der Waals surface area (Å²) in [6.07, 6.45) is 0. The van der Waals surface area contributed by atoms with Crippen LogP contribution in [0.1, 0.15) is 27.8 Å². The highest BCUT2D eigenvalue weighted by Gasteiger charge is 2.51. The van der Waals surface area contributed by atoms with Gasteiger partial charge in [-0.25, -0.2) is 0 Å². The van der Waals surface area contributed by atoms with E-state index in [1.54, 1.807) is 0 Å². The molecule has 0 unspecified atom stereocenters. The van der Waals surface area contributed by atoms with E-state index in [4.69, 9.17) is 0 Å². The molecular weight excluding hydrogens is 687 g/mol. The minimum absolute atomic E-state index is 0.385. The van der Waals surface area contributed by atoms with Crippen LogP contribution < -0.4 is 4.90 Å². The number of fused-ring (bicyclic) bond motifs is 10. The van der Waals surface area contributed by atoms with E-state index >= 15 is 0 Å². The third-order valence-electron chi connectivity index (χ3n) is 12.2. The van der Waals surface area contributed by atoms with E-state index in [0.717, 1.165) is 17.1 Å². The highest BCUT2D eigenvalue weighted by Crippen LogP contribution is 2.63.